The number of ether oxygens (including phenoxy) is 1. The maximum absolute atomic E-state index is 15.2. The summed E-state index contributed by atoms with van der Waals surface area (Å²) in [7, 11) is 1.48. The lowest BCUT2D eigenvalue weighted by Gasteiger charge is -2.51. The molecule has 3 aromatic rings. The van der Waals surface area contributed by atoms with E-state index in [2.05, 4.69) is 10.3 Å². The number of amides is 3. The van der Waals surface area contributed by atoms with E-state index in [0.29, 0.717) is 29.2 Å². The molecule has 1 saturated heterocycles. The van der Waals surface area contributed by atoms with Gasteiger partial charge in [0.15, 0.2) is 0 Å². The first-order chi connectivity index (χ1) is 23.6. The van der Waals surface area contributed by atoms with Gasteiger partial charge in [0.25, 0.3) is 11.8 Å². The van der Waals surface area contributed by atoms with Gasteiger partial charge in [0.05, 0.1) is 11.6 Å². The van der Waals surface area contributed by atoms with E-state index in [1.54, 1.807) is 25.1 Å². The van der Waals surface area contributed by atoms with Gasteiger partial charge in [-0.05, 0) is 61.1 Å². The largest absolute Gasteiger partial charge is 0.474 e. The van der Waals surface area contributed by atoms with Crippen LogP contribution in [0.25, 0.3) is 0 Å². The molecule has 8 nitrogen and oxygen atoms in total. The standard InChI is InChI=1S/C34H35ClF6N4O4S/c1-3-6-26-32(49-24-17-27(50-19-24)34(39,40)41,12-5-14-44(26)30(47)29-25(33(36,37)38)7-4-13-43-29)31(48)45-18-20-8-9-22(35)15-21(20)16-23(45)10-11-28(46)42-2/h4,7-9,13,15,17,19,23,26H,3,5-6,10-12,14,16,18H2,1-2H3,(H,42,46)/t23-,26+,32-/m0/s1. The fourth-order valence-corrected chi connectivity index (χ4v) is 7.72. The van der Waals surface area contributed by atoms with Crippen molar-refractivity contribution in [1.29, 1.82) is 0 Å². The first-order valence-electron chi connectivity index (χ1n) is 16.1. The summed E-state index contributed by atoms with van der Waals surface area (Å²) in [5, 5.41) is 4.16. The van der Waals surface area contributed by atoms with Crippen LogP contribution in [0.1, 0.15) is 77.5 Å². The third-order valence-corrected chi connectivity index (χ3v) is 10.4. The molecule has 0 bridgehead atoms. The number of aromatic nitrogens is 1. The number of benzene rings is 1. The van der Waals surface area contributed by atoms with Gasteiger partial charge >= 0.3 is 12.4 Å². The van der Waals surface area contributed by atoms with Crippen molar-refractivity contribution in [3.8, 4) is 5.75 Å². The molecule has 0 aliphatic carbocycles. The first kappa shape index (κ1) is 37.4. The van der Waals surface area contributed by atoms with Crippen molar-refractivity contribution in [1.82, 2.24) is 20.1 Å². The van der Waals surface area contributed by atoms with Crippen LogP contribution in [0.4, 0.5) is 26.3 Å². The minimum Gasteiger partial charge on any atom is -0.474 e. The fourth-order valence-electron chi connectivity index (χ4n) is 6.85. The fraction of sp³-hybridized carbons (Fsp3) is 0.471. The number of hydrogen-bond acceptors (Lipinski definition) is 6. The summed E-state index contributed by atoms with van der Waals surface area (Å²) in [6.45, 7) is 1.75. The summed E-state index contributed by atoms with van der Waals surface area (Å²) in [6, 6.07) is 6.00. The summed E-state index contributed by atoms with van der Waals surface area (Å²) < 4.78 is 89.6. The number of nitrogens with one attached hydrogen (secondary N) is 1. The highest BCUT2D eigenvalue weighted by atomic mass is 35.5. The quantitative estimate of drug-likeness (QED) is 0.229. The molecular weight excluding hydrogens is 710 g/mol. The van der Waals surface area contributed by atoms with Crippen LogP contribution in [-0.2, 0) is 34.9 Å². The molecule has 2 aromatic heterocycles. The van der Waals surface area contributed by atoms with E-state index in [1.807, 2.05) is 0 Å². The molecule has 1 aromatic carbocycles. The lowest BCUT2D eigenvalue weighted by molar-refractivity contribution is -0.163. The van der Waals surface area contributed by atoms with Crippen molar-refractivity contribution >= 4 is 40.7 Å². The number of hydrogen-bond donors (Lipinski definition) is 1. The van der Waals surface area contributed by atoms with Gasteiger partial charge in [-0.15, -0.1) is 11.3 Å². The van der Waals surface area contributed by atoms with Gasteiger partial charge in [-0.2, -0.15) is 26.3 Å². The molecule has 1 fully saturated rings. The molecule has 16 heteroatoms. The van der Waals surface area contributed by atoms with Crippen molar-refractivity contribution in [2.75, 3.05) is 13.6 Å². The van der Waals surface area contributed by atoms with Crippen LogP contribution in [0, 0.1) is 0 Å². The van der Waals surface area contributed by atoms with Crippen molar-refractivity contribution in [2.45, 2.75) is 88.5 Å². The maximum Gasteiger partial charge on any atom is 0.425 e. The highest BCUT2D eigenvalue weighted by Gasteiger charge is 2.57. The highest BCUT2D eigenvalue weighted by molar-refractivity contribution is 7.10. The summed E-state index contributed by atoms with van der Waals surface area (Å²) >= 11 is 6.65. The second kappa shape index (κ2) is 14.8. The topological polar surface area (TPSA) is 91.8 Å². The minimum atomic E-state index is -4.91. The van der Waals surface area contributed by atoms with E-state index in [4.69, 9.17) is 16.3 Å². The third-order valence-electron chi connectivity index (χ3n) is 9.17. The van der Waals surface area contributed by atoms with Gasteiger partial charge in [0.2, 0.25) is 11.5 Å². The normalized spacial score (nSPS) is 21.1. The lowest BCUT2D eigenvalue weighted by atomic mass is 9.78. The Hall–Kier alpha value is -3.85. The second-order valence-corrected chi connectivity index (χ2v) is 13.7. The number of rotatable bonds is 9. The van der Waals surface area contributed by atoms with Gasteiger partial charge in [-0.25, -0.2) is 0 Å². The SMILES string of the molecule is CCC[C@H]1N(C(=O)c2ncccc2C(F)(F)F)CCC[C@@]1(Oc1csc(C(F)(F)F)c1)C(=O)N1Cc2ccc(Cl)cc2C[C@@H]1CCC(=O)NC. The average molecular weight is 745 g/mol. The molecule has 1 N–H and O–H groups in total. The lowest BCUT2D eigenvalue weighted by Crippen LogP contribution is -2.69. The van der Waals surface area contributed by atoms with E-state index in [1.165, 1.54) is 11.9 Å². The Kier molecular flexibility index (Phi) is 11.1. The van der Waals surface area contributed by atoms with E-state index in [-0.39, 0.29) is 56.9 Å². The molecule has 5 rings (SSSR count). The third kappa shape index (κ3) is 7.73. The number of thiophene rings is 1. The second-order valence-electron chi connectivity index (χ2n) is 12.4. The molecule has 0 radical (unpaired) electrons. The zero-order valence-electron chi connectivity index (χ0n) is 27.2. The molecular formula is C34H35ClF6N4O4S. The zero-order chi connectivity index (χ0) is 36.4. The van der Waals surface area contributed by atoms with Crippen molar-refractivity contribution < 1.29 is 45.5 Å². The summed E-state index contributed by atoms with van der Waals surface area (Å²) in [4.78, 5) is 47.1. The predicted molar refractivity (Wildman–Crippen MR) is 174 cm³/mol. The molecule has 0 saturated carbocycles. The van der Waals surface area contributed by atoms with Crippen LogP contribution in [0.15, 0.2) is 48.0 Å². The molecule has 50 heavy (non-hydrogen) atoms. The summed E-state index contributed by atoms with van der Waals surface area (Å²) in [6.07, 6.45) is -7.51. The molecule has 0 unspecified atom stereocenters. The Labute approximate surface area is 293 Å². The number of alkyl halides is 6. The number of nitrogens with zero attached hydrogens (tertiary/aromatic N) is 3. The zero-order valence-corrected chi connectivity index (χ0v) is 28.7. The minimum absolute atomic E-state index is 0.0392. The molecule has 4 heterocycles. The predicted octanol–water partition coefficient (Wildman–Crippen LogP) is 7.54. The van der Waals surface area contributed by atoms with Crippen LogP contribution < -0.4 is 10.1 Å². The number of pyridine rings is 1. The van der Waals surface area contributed by atoms with Crippen LogP contribution in [0.5, 0.6) is 5.75 Å². The maximum atomic E-state index is 15.2. The number of carbonyl (C=O) groups excluding carboxylic acids is 3. The Balaban J connectivity index is 1.64. The average Bonchev–Trinajstić information content (AvgIpc) is 3.55. The van der Waals surface area contributed by atoms with Crippen molar-refractivity contribution in [3.63, 3.8) is 0 Å². The Morgan fingerprint density at radius 2 is 1.82 bits per heavy atom. The summed E-state index contributed by atoms with van der Waals surface area (Å²) in [5.41, 5.74) is -2.51. The van der Waals surface area contributed by atoms with Gasteiger partial charge < -0.3 is 19.9 Å². The van der Waals surface area contributed by atoms with E-state index in [9.17, 15) is 35.9 Å². The Morgan fingerprint density at radius 3 is 2.48 bits per heavy atom. The number of piperidine rings is 1. The Morgan fingerprint density at radius 1 is 1.06 bits per heavy atom. The van der Waals surface area contributed by atoms with Crippen molar-refractivity contribution in [3.05, 3.63) is 80.3 Å². The first-order valence-corrected chi connectivity index (χ1v) is 17.3. The molecule has 0 spiro atoms. The molecule has 2 aliphatic rings. The van der Waals surface area contributed by atoms with E-state index < -0.39 is 58.0 Å². The van der Waals surface area contributed by atoms with E-state index >= 15 is 4.79 Å². The number of fused-ring (bicyclic) bond motifs is 1. The van der Waals surface area contributed by atoms with Gasteiger partial charge in [-0.3, -0.25) is 19.4 Å². The van der Waals surface area contributed by atoms with Crippen LogP contribution in [0.2, 0.25) is 5.02 Å². The number of likely N-dealkylation sites (tertiary alicyclic amines) is 1. The van der Waals surface area contributed by atoms with Crippen molar-refractivity contribution in [2.24, 2.45) is 0 Å². The summed E-state index contributed by atoms with van der Waals surface area (Å²) in [5.74, 6) is -2.25. The van der Waals surface area contributed by atoms with Crippen LogP contribution >= 0.6 is 22.9 Å². The van der Waals surface area contributed by atoms with Crippen LogP contribution in [-0.4, -0.2) is 63.8 Å². The van der Waals surface area contributed by atoms with Gasteiger partial charge in [0.1, 0.15) is 16.3 Å². The smallest absolute Gasteiger partial charge is 0.425 e. The van der Waals surface area contributed by atoms with Gasteiger partial charge in [-0.1, -0.05) is 31.0 Å². The molecule has 3 atom stereocenters. The highest BCUT2D eigenvalue weighted by Crippen LogP contribution is 2.44. The number of carbonyl (C=O) groups is 3. The number of halogens is 7. The van der Waals surface area contributed by atoms with Crippen LogP contribution in [0.3, 0.4) is 0 Å². The molecule has 2 aliphatic heterocycles. The van der Waals surface area contributed by atoms with E-state index in [0.717, 1.165) is 45.8 Å². The Bertz CT molecular complexity index is 1730. The monoisotopic (exact) mass is 744 g/mol. The molecule has 270 valence electrons. The van der Waals surface area contributed by atoms with Gasteiger partial charge in [0, 0.05) is 61.7 Å². The molecule has 3 amide bonds.